The highest BCUT2D eigenvalue weighted by Gasteiger charge is 2.18. The summed E-state index contributed by atoms with van der Waals surface area (Å²) >= 11 is 0. The van der Waals surface area contributed by atoms with Crippen molar-refractivity contribution >= 4 is 10.7 Å². The quantitative estimate of drug-likeness (QED) is 0.656. The van der Waals surface area contributed by atoms with Gasteiger partial charge in [0.25, 0.3) is 0 Å². The highest BCUT2D eigenvalue weighted by atomic mass is 32.2. The van der Waals surface area contributed by atoms with Crippen LogP contribution < -0.4 is 0 Å². The van der Waals surface area contributed by atoms with Crippen LogP contribution in [0.4, 0.5) is 0 Å². The second-order valence-corrected chi connectivity index (χ2v) is 5.14. The molecule has 0 N–H and O–H groups in total. The van der Waals surface area contributed by atoms with Gasteiger partial charge in [0.2, 0.25) is 0 Å². The zero-order valence-corrected chi connectivity index (χ0v) is 9.87. The molecule has 0 aromatic heterocycles. The van der Waals surface area contributed by atoms with Gasteiger partial charge in [-0.05, 0) is 13.8 Å². The zero-order valence-electron chi connectivity index (χ0n) is 8.98. The summed E-state index contributed by atoms with van der Waals surface area (Å²) in [7, 11) is -2.20. The van der Waals surface area contributed by atoms with E-state index in [1.165, 1.54) is 0 Å². The van der Waals surface area contributed by atoms with E-state index in [9.17, 15) is 8.42 Å². The van der Waals surface area contributed by atoms with Crippen molar-refractivity contribution in [2.45, 2.75) is 19.9 Å². The Morgan fingerprint density at radius 2 is 1.71 bits per heavy atom. The molecule has 0 atom stereocenters. The lowest BCUT2D eigenvalue weighted by molar-refractivity contribution is 0.113. The second kappa shape index (κ2) is 5.68. The predicted octanol–water partition coefficient (Wildman–Crippen LogP) is -0.376. The molecule has 0 aromatic rings. The highest BCUT2D eigenvalue weighted by molar-refractivity contribution is 7.72. The molecule has 0 saturated carbocycles. The lowest BCUT2D eigenvalue weighted by Crippen LogP contribution is -2.49. The van der Waals surface area contributed by atoms with Crippen LogP contribution in [0.1, 0.15) is 13.8 Å². The number of hydrogen-bond acceptors (Lipinski definition) is 4. The largest absolute Gasteiger partial charge is 0.300 e. The molecule has 1 fully saturated rings. The van der Waals surface area contributed by atoms with Crippen molar-refractivity contribution in [2.75, 3.05) is 38.5 Å². The lowest BCUT2D eigenvalue weighted by Gasteiger charge is -2.36. The zero-order chi connectivity index (χ0) is 10.6. The Balaban J connectivity index is 2.22. The first-order valence-corrected chi connectivity index (χ1v) is 6.54. The fourth-order valence-corrected chi connectivity index (χ4v) is 2.17. The van der Waals surface area contributed by atoms with E-state index >= 15 is 0 Å². The fraction of sp³-hybridized carbons (Fsp3) is 1.00. The van der Waals surface area contributed by atoms with Gasteiger partial charge < -0.3 is 0 Å². The maximum atomic E-state index is 10.4. The normalized spacial score (nSPS) is 20.9. The Labute approximate surface area is 87.8 Å². The van der Waals surface area contributed by atoms with E-state index in [4.69, 9.17) is 0 Å². The Morgan fingerprint density at radius 1 is 1.14 bits per heavy atom. The maximum absolute atomic E-state index is 10.4. The molecule has 1 aliphatic rings. The predicted molar refractivity (Wildman–Crippen MR) is 58.3 cm³/mol. The van der Waals surface area contributed by atoms with Gasteiger partial charge in [-0.15, -0.1) is 0 Å². The second-order valence-electron chi connectivity index (χ2n) is 4.03. The van der Waals surface area contributed by atoms with Gasteiger partial charge in [0.15, 0.2) is 0 Å². The van der Waals surface area contributed by atoms with Crippen LogP contribution in [0.25, 0.3) is 0 Å². The summed E-state index contributed by atoms with van der Waals surface area (Å²) in [6.07, 6.45) is 0. The molecule has 1 saturated heterocycles. The van der Waals surface area contributed by atoms with E-state index in [1.54, 1.807) is 0 Å². The van der Waals surface area contributed by atoms with E-state index in [2.05, 4.69) is 23.6 Å². The molecule has 0 amide bonds. The molecule has 0 bridgehead atoms. The van der Waals surface area contributed by atoms with Gasteiger partial charge in [0.05, 0.1) is 5.75 Å². The SMILES string of the molecule is CC(C)N1CCN(CC[SH](=O)=O)CC1. The third kappa shape index (κ3) is 3.94. The molecule has 1 rings (SSSR count). The molecule has 0 radical (unpaired) electrons. The van der Waals surface area contributed by atoms with E-state index in [1.807, 2.05) is 0 Å². The van der Waals surface area contributed by atoms with Crippen molar-refractivity contribution in [3.8, 4) is 0 Å². The number of nitrogens with zero attached hydrogens (tertiary/aromatic N) is 2. The van der Waals surface area contributed by atoms with Gasteiger partial charge >= 0.3 is 0 Å². The van der Waals surface area contributed by atoms with Crippen LogP contribution in [0.15, 0.2) is 0 Å². The van der Waals surface area contributed by atoms with Crippen LogP contribution >= 0.6 is 0 Å². The molecule has 84 valence electrons. The van der Waals surface area contributed by atoms with Crippen molar-refractivity contribution in [2.24, 2.45) is 0 Å². The van der Waals surface area contributed by atoms with Crippen LogP contribution in [0.5, 0.6) is 0 Å². The lowest BCUT2D eigenvalue weighted by atomic mass is 10.2. The maximum Gasteiger partial charge on any atom is 0.141 e. The van der Waals surface area contributed by atoms with Gasteiger partial charge in [-0.25, -0.2) is 8.42 Å². The molecular weight excluding hydrogens is 200 g/mol. The Hall–Kier alpha value is -0.130. The van der Waals surface area contributed by atoms with E-state index < -0.39 is 10.7 Å². The Kier molecular flexibility index (Phi) is 4.84. The number of piperazine rings is 1. The molecule has 0 aromatic carbocycles. The average Bonchev–Trinajstić information content (AvgIpc) is 2.15. The first kappa shape index (κ1) is 11.9. The molecule has 5 heteroatoms. The van der Waals surface area contributed by atoms with Crippen molar-refractivity contribution in [3.05, 3.63) is 0 Å². The summed E-state index contributed by atoms with van der Waals surface area (Å²) in [5, 5.41) is 0. The molecular formula is C9H20N2O2S. The first-order valence-electron chi connectivity index (χ1n) is 5.18. The first-order chi connectivity index (χ1) is 6.59. The Morgan fingerprint density at radius 3 is 2.14 bits per heavy atom. The number of thiol groups is 1. The molecule has 1 heterocycles. The molecule has 0 unspecified atom stereocenters. The standard InChI is InChI=1S/C9H20N2O2S/c1-9(2)11-5-3-10(4-6-11)7-8-14(12)13/h9,14H,3-8H2,1-2H3. The van der Waals surface area contributed by atoms with Gasteiger partial charge in [-0.3, -0.25) is 9.80 Å². The molecule has 0 spiro atoms. The average molecular weight is 220 g/mol. The van der Waals surface area contributed by atoms with Gasteiger partial charge in [-0.1, -0.05) is 0 Å². The summed E-state index contributed by atoms with van der Waals surface area (Å²) < 4.78 is 20.8. The van der Waals surface area contributed by atoms with Crippen molar-refractivity contribution in [1.29, 1.82) is 0 Å². The van der Waals surface area contributed by atoms with Crippen LogP contribution in [0, 0.1) is 0 Å². The third-order valence-electron chi connectivity index (χ3n) is 2.74. The van der Waals surface area contributed by atoms with Crippen molar-refractivity contribution in [1.82, 2.24) is 9.80 Å². The van der Waals surface area contributed by atoms with Crippen LogP contribution in [0.2, 0.25) is 0 Å². The van der Waals surface area contributed by atoms with E-state index in [0.29, 0.717) is 18.3 Å². The van der Waals surface area contributed by atoms with Crippen molar-refractivity contribution in [3.63, 3.8) is 0 Å². The molecule has 4 nitrogen and oxygen atoms in total. The van der Waals surface area contributed by atoms with Crippen LogP contribution in [0.3, 0.4) is 0 Å². The highest BCUT2D eigenvalue weighted by Crippen LogP contribution is 2.04. The van der Waals surface area contributed by atoms with Crippen molar-refractivity contribution < 1.29 is 8.42 Å². The summed E-state index contributed by atoms with van der Waals surface area (Å²) in [5.41, 5.74) is 0. The van der Waals surface area contributed by atoms with Gasteiger partial charge in [0.1, 0.15) is 10.7 Å². The van der Waals surface area contributed by atoms with Crippen LogP contribution in [-0.4, -0.2) is 62.7 Å². The number of rotatable bonds is 4. The monoisotopic (exact) mass is 220 g/mol. The smallest absolute Gasteiger partial charge is 0.141 e. The van der Waals surface area contributed by atoms with Gasteiger partial charge in [0, 0.05) is 38.8 Å². The molecule has 0 aliphatic carbocycles. The van der Waals surface area contributed by atoms with E-state index in [0.717, 1.165) is 26.2 Å². The molecule has 14 heavy (non-hydrogen) atoms. The topological polar surface area (TPSA) is 40.6 Å². The summed E-state index contributed by atoms with van der Waals surface area (Å²) in [4.78, 5) is 4.65. The Bertz CT molecular complexity index is 225. The fourth-order valence-electron chi connectivity index (χ4n) is 1.73. The summed E-state index contributed by atoms with van der Waals surface area (Å²) in [6, 6.07) is 0.605. The summed E-state index contributed by atoms with van der Waals surface area (Å²) in [6.45, 7) is 9.22. The van der Waals surface area contributed by atoms with Gasteiger partial charge in [-0.2, -0.15) is 0 Å². The van der Waals surface area contributed by atoms with Crippen LogP contribution in [-0.2, 0) is 10.7 Å². The minimum Gasteiger partial charge on any atom is -0.300 e. The summed E-state index contributed by atoms with van der Waals surface area (Å²) in [5.74, 6) is 0.303. The molecule has 1 aliphatic heterocycles. The number of hydrogen-bond donors (Lipinski definition) is 1. The third-order valence-corrected chi connectivity index (χ3v) is 3.30. The van der Waals surface area contributed by atoms with E-state index in [-0.39, 0.29) is 0 Å². The minimum absolute atomic E-state index is 0.303. The minimum atomic E-state index is -2.20.